The molecule has 2 rings (SSSR count). The fourth-order valence-corrected chi connectivity index (χ4v) is 1.18. The lowest BCUT2D eigenvalue weighted by Gasteiger charge is -1.99. The first-order chi connectivity index (χ1) is 4.88. The van der Waals surface area contributed by atoms with E-state index in [1.165, 1.54) is 18.4 Å². The molecule has 1 saturated carbocycles. The van der Waals surface area contributed by atoms with Crippen LogP contribution in [0.25, 0.3) is 0 Å². The number of hydrogen-bond donors (Lipinski definition) is 1. The highest BCUT2D eigenvalue weighted by atomic mass is 35.5. The molecule has 60 valence electrons. The Hall–Kier alpha value is -0.760. The first-order valence-electron chi connectivity index (χ1n) is 3.57. The van der Waals surface area contributed by atoms with Gasteiger partial charge in [-0.15, -0.1) is 12.4 Å². The van der Waals surface area contributed by atoms with Gasteiger partial charge in [-0.2, -0.15) is 0 Å². The quantitative estimate of drug-likeness (QED) is 0.700. The third-order valence-corrected chi connectivity index (χ3v) is 1.90. The van der Waals surface area contributed by atoms with Gasteiger partial charge in [-0.1, -0.05) is 0 Å². The molecule has 0 atom stereocenters. The van der Waals surface area contributed by atoms with E-state index in [-0.39, 0.29) is 12.4 Å². The van der Waals surface area contributed by atoms with Crippen LogP contribution >= 0.6 is 12.4 Å². The summed E-state index contributed by atoms with van der Waals surface area (Å²) in [5.41, 5.74) is 7.84. The van der Waals surface area contributed by atoms with E-state index in [1.54, 1.807) is 6.20 Å². The molecule has 1 aromatic rings. The Morgan fingerprint density at radius 2 is 2.18 bits per heavy atom. The van der Waals surface area contributed by atoms with Gasteiger partial charge in [0.2, 0.25) is 0 Å². The summed E-state index contributed by atoms with van der Waals surface area (Å²) < 4.78 is 0. The van der Waals surface area contributed by atoms with Gasteiger partial charge in [-0.05, 0) is 30.4 Å². The summed E-state index contributed by atoms with van der Waals surface area (Å²) >= 11 is 0. The van der Waals surface area contributed by atoms with Crippen LogP contribution in [0.5, 0.6) is 0 Å². The second-order valence-corrected chi connectivity index (χ2v) is 2.78. The Labute approximate surface area is 72.2 Å². The highest BCUT2D eigenvalue weighted by Crippen LogP contribution is 2.41. The van der Waals surface area contributed by atoms with Crippen LogP contribution < -0.4 is 5.73 Å². The van der Waals surface area contributed by atoms with Gasteiger partial charge < -0.3 is 5.73 Å². The van der Waals surface area contributed by atoms with Crippen molar-refractivity contribution < 1.29 is 0 Å². The topological polar surface area (TPSA) is 38.9 Å². The maximum absolute atomic E-state index is 5.70. The molecule has 1 aliphatic carbocycles. The summed E-state index contributed by atoms with van der Waals surface area (Å²) in [4.78, 5) is 3.93. The average molecular weight is 171 g/mol. The summed E-state index contributed by atoms with van der Waals surface area (Å²) in [5, 5.41) is 0. The van der Waals surface area contributed by atoms with Gasteiger partial charge in [0.1, 0.15) is 0 Å². The summed E-state index contributed by atoms with van der Waals surface area (Å²) in [7, 11) is 0. The molecule has 11 heavy (non-hydrogen) atoms. The van der Waals surface area contributed by atoms with Crippen molar-refractivity contribution in [1.29, 1.82) is 0 Å². The SMILES string of the molecule is Cl.Nc1cnccc1C1CC1. The van der Waals surface area contributed by atoms with Gasteiger partial charge in [0.25, 0.3) is 0 Å². The zero-order valence-electron chi connectivity index (χ0n) is 6.16. The summed E-state index contributed by atoms with van der Waals surface area (Å²) in [6.07, 6.45) is 6.14. The van der Waals surface area contributed by atoms with Crippen LogP contribution in [0.15, 0.2) is 18.5 Å². The second-order valence-electron chi connectivity index (χ2n) is 2.78. The van der Waals surface area contributed by atoms with E-state index in [0.29, 0.717) is 0 Å². The maximum atomic E-state index is 5.70. The predicted molar refractivity (Wildman–Crippen MR) is 47.9 cm³/mol. The number of hydrogen-bond acceptors (Lipinski definition) is 2. The summed E-state index contributed by atoms with van der Waals surface area (Å²) in [6.45, 7) is 0. The van der Waals surface area contributed by atoms with Crippen LogP contribution in [0.3, 0.4) is 0 Å². The molecule has 0 aliphatic heterocycles. The largest absolute Gasteiger partial charge is 0.397 e. The molecular weight excluding hydrogens is 160 g/mol. The van der Waals surface area contributed by atoms with Crippen LogP contribution in [0, 0.1) is 0 Å². The van der Waals surface area contributed by atoms with Crippen LogP contribution in [-0.2, 0) is 0 Å². The standard InChI is InChI=1S/C8H10N2.ClH/c9-8-5-10-4-3-7(8)6-1-2-6;/h3-6H,1-2,9H2;1H. The number of nitrogens with zero attached hydrogens (tertiary/aromatic N) is 1. The number of nitrogen functional groups attached to an aromatic ring is 1. The zero-order valence-corrected chi connectivity index (χ0v) is 6.97. The average Bonchev–Trinajstić information content (AvgIpc) is 2.71. The van der Waals surface area contributed by atoms with E-state index >= 15 is 0 Å². The fraction of sp³-hybridized carbons (Fsp3) is 0.375. The number of rotatable bonds is 1. The molecule has 2 nitrogen and oxygen atoms in total. The van der Waals surface area contributed by atoms with Crippen molar-refractivity contribution in [2.45, 2.75) is 18.8 Å². The normalized spacial score (nSPS) is 15.6. The van der Waals surface area contributed by atoms with E-state index < -0.39 is 0 Å². The molecule has 0 radical (unpaired) electrons. The van der Waals surface area contributed by atoms with Gasteiger partial charge in [-0.25, -0.2) is 0 Å². The molecule has 3 heteroatoms. The van der Waals surface area contributed by atoms with Gasteiger partial charge in [0, 0.05) is 6.20 Å². The Bertz CT molecular complexity index is 246. The van der Waals surface area contributed by atoms with E-state index in [1.807, 2.05) is 12.3 Å². The second kappa shape index (κ2) is 3.09. The summed E-state index contributed by atoms with van der Waals surface area (Å²) in [6, 6.07) is 2.02. The molecule has 0 amide bonds. The summed E-state index contributed by atoms with van der Waals surface area (Å²) in [5.74, 6) is 0.739. The van der Waals surface area contributed by atoms with Crippen molar-refractivity contribution in [3.8, 4) is 0 Å². The third-order valence-electron chi connectivity index (χ3n) is 1.90. The third kappa shape index (κ3) is 1.63. The molecule has 0 bridgehead atoms. The van der Waals surface area contributed by atoms with Gasteiger partial charge >= 0.3 is 0 Å². The molecule has 0 aromatic carbocycles. The molecule has 1 heterocycles. The Balaban J connectivity index is 0.000000605. The van der Waals surface area contributed by atoms with Crippen molar-refractivity contribution >= 4 is 18.1 Å². The van der Waals surface area contributed by atoms with Gasteiger partial charge in [0.05, 0.1) is 11.9 Å². The highest BCUT2D eigenvalue weighted by molar-refractivity contribution is 5.85. The number of aromatic nitrogens is 1. The van der Waals surface area contributed by atoms with E-state index in [2.05, 4.69) is 4.98 Å². The van der Waals surface area contributed by atoms with E-state index in [4.69, 9.17) is 5.73 Å². The molecular formula is C8H11ClN2. The van der Waals surface area contributed by atoms with Crippen LogP contribution in [-0.4, -0.2) is 4.98 Å². The van der Waals surface area contributed by atoms with Gasteiger partial charge in [0.15, 0.2) is 0 Å². The van der Waals surface area contributed by atoms with Crippen molar-refractivity contribution in [1.82, 2.24) is 4.98 Å². The minimum atomic E-state index is 0. The monoisotopic (exact) mass is 170 g/mol. The zero-order chi connectivity index (χ0) is 6.97. The maximum Gasteiger partial charge on any atom is 0.0535 e. The first kappa shape index (κ1) is 8.34. The lowest BCUT2D eigenvalue weighted by atomic mass is 10.1. The lowest BCUT2D eigenvalue weighted by molar-refractivity contribution is 1.11. The molecule has 0 saturated heterocycles. The fourth-order valence-electron chi connectivity index (χ4n) is 1.18. The molecule has 0 spiro atoms. The number of anilines is 1. The smallest absolute Gasteiger partial charge is 0.0535 e. The minimum absolute atomic E-state index is 0. The molecule has 0 unspecified atom stereocenters. The number of nitrogens with two attached hydrogens (primary N) is 1. The number of pyridine rings is 1. The van der Waals surface area contributed by atoms with Crippen LogP contribution in [0.1, 0.15) is 24.3 Å². The molecule has 1 fully saturated rings. The van der Waals surface area contributed by atoms with Crippen LogP contribution in [0.2, 0.25) is 0 Å². The number of halogens is 1. The van der Waals surface area contributed by atoms with Crippen LogP contribution in [0.4, 0.5) is 5.69 Å². The van der Waals surface area contributed by atoms with Gasteiger partial charge in [-0.3, -0.25) is 4.98 Å². The Kier molecular flexibility index (Phi) is 2.35. The van der Waals surface area contributed by atoms with E-state index in [0.717, 1.165) is 11.6 Å². The lowest BCUT2D eigenvalue weighted by Crippen LogP contribution is -1.92. The van der Waals surface area contributed by atoms with Crippen molar-refractivity contribution in [3.05, 3.63) is 24.0 Å². The van der Waals surface area contributed by atoms with Crippen molar-refractivity contribution in [2.24, 2.45) is 0 Å². The van der Waals surface area contributed by atoms with Crippen molar-refractivity contribution in [3.63, 3.8) is 0 Å². The predicted octanol–water partition coefficient (Wildman–Crippen LogP) is 1.96. The van der Waals surface area contributed by atoms with Crippen molar-refractivity contribution in [2.75, 3.05) is 5.73 Å². The van der Waals surface area contributed by atoms with E-state index in [9.17, 15) is 0 Å². The molecule has 1 aromatic heterocycles. The minimum Gasteiger partial charge on any atom is -0.397 e. The highest BCUT2D eigenvalue weighted by Gasteiger charge is 2.24. The molecule has 1 aliphatic rings. The Morgan fingerprint density at radius 3 is 2.73 bits per heavy atom. The molecule has 2 N–H and O–H groups in total. The Morgan fingerprint density at radius 1 is 1.45 bits per heavy atom. The first-order valence-corrected chi connectivity index (χ1v) is 3.57.